The van der Waals surface area contributed by atoms with E-state index in [-0.39, 0.29) is 5.91 Å². The second-order valence-corrected chi connectivity index (χ2v) is 7.70. The predicted molar refractivity (Wildman–Crippen MR) is 135 cm³/mol. The van der Waals surface area contributed by atoms with Crippen LogP contribution in [0.15, 0.2) is 114 Å². The summed E-state index contributed by atoms with van der Waals surface area (Å²) in [5, 5.41) is 2.93. The molecule has 1 amide bonds. The van der Waals surface area contributed by atoms with Gasteiger partial charge in [0.2, 0.25) is 5.89 Å². The van der Waals surface area contributed by atoms with Crippen molar-refractivity contribution in [1.29, 1.82) is 0 Å². The molecule has 35 heavy (non-hydrogen) atoms. The largest absolute Gasteiger partial charge is 0.497 e. The maximum atomic E-state index is 13.1. The van der Waals surface area contributed by atoms with Crippen LogP contribution >= 0.6 is 0 Å². The molecule has 0 bridgehead atoms. The molecule has 6 nitrogen and oxygen atoms in total. The lowest BCUT2D eigenvalue weighted by Gasteiger charge is -2.10. The summed E-state index contributed by atoms with van der Waals surface area (Å²) in [6.45, 7) is 0. The number of carbonyl (C=O) groups is 1. The van der Waals surface area contributed by atoms with Crippen LogP contribution in [0.25, 0.3) is 22.8 Å². The highest BCUT2D eigenvalue weighted by atomic mass is 16.5. The van der Waals surface area contributed by atoms with E-state index in [1.54, 1.807) is 31.5 Å². The van der Waals surface area contributed by atoms with E-state index < -0.39 is 0 Å². The molecule has 0 fully saturated rings. The van der Waals surface area contributed by atoms with Gasteiger partial charge < -0.3 is 19.2 Å². The van der Waals surface area contributed by atoms with Crippen LogP contribution in [0, 0.1) is 0 Å². The zero-order valence-corrected chi connectivity index (χ0v) is 19.0. The van der Waals surface area contributed by atoms with Crippen molar-refractivity contribution in [2.75, 3.05) is 12.4 Å². The summed E-state index contributed by atoms with van der Waals surface area (Å²) in [5.74, 6) is 2.90. The Morgan fingerprint density at radius 2 is 1.43 bits per heavy atom. The van der Waals surface area contributed by atoms with Gasteiger partial charge in [-0.1, -0.05) is 30.3 Å². The second kappa shape index (κ2) is 9.97. The Hall–Kier alpha value is -4.84. The van der Waals surface area contributed by atoms with E-state index in [9.17, 15) is 4.79 Å². The lowest BCUT2D eigenvalue weighted by atomic mass is 10.1. The van der Waals surface area contributed by atoms with E-state index in [0.717, 1.165) is 17.1 Å². The number of hydrogen-bond donors (Lipinski definition) is 1. The highest BCUT2D eigenvalue weighted by molar-refractivity contribution is 6.08. The van der Waals surface area contributed by atoms with Crippen LogP contribution in [0.2, 0.25) is 0 Å². The van der Waals surface area contributed by atoms with Gasteiger partial charge in [0.1, 0.15) is 17.2 Å². The number of amides is 1. The quantitative estimate of drug-likeness (QED) is 0.280. The Morgan fingerprint density at radius 3 is 2.17 bits per heavy atom. The summed E-state index contributed by atoms with van der Waals surface area (Å²) < 4.78 is 17.0. The molecule has 0 spiro atoms. The van der Waals surface area contributed by atoms with Crippen molar-refractivity contribution in [3.8, 4) is 40.0 Å². The van der Waals surface area contributed by atoms with Crippen molar-refractivity contribution in [2.45, 2.75) is 0 Å². The average molecular weight is 463 g/mol. The Bertz CT molecular complexity index is 1430. The van der Waals surface area contributed by atoms with Crippen LogP contribution in [0.5, 0.6) is 17.2 Å². The number of benzene rings is 4. The molecule has 5 rings (SSSR count). The molecule has 6 heteroatoms. The number of carbonyl (C=O) groups excluding carboxylic acids is 1. The summed E-state index contributed by atoms with van der Waals surface area (Å²) in [5.41, 5.74) is 2.58. The van der Waals surface area contributed by atoms with Gasteiger partial charge in [-0.3, -0.25) is 4.79 Å². The molecule has 0 saturated carbocycles. The van der Waals surface area contributed by atoms with E-state index in [1.807, 2.05) is 84.9 Å². The molecule has 1 N–H and O–H groups in total. The van der Waals surface area contributed by atoms with E-state index in [0.29, 0.717) is 34.2 Å². The molecule has 0 atom stereocenters. The molecule has 0 radical (unpaired) electrons. The number of anilines is 1. The highest BCUT2D eigenvalue weighted by Crippen LogP contribution is 2.30. The second-order valence-electron chi connectivity index (χ2n) is 7.70. The molecule has 1 heterocycles. The SMILES string of the molecule is COc1ccc(-c2cnc(-c3ccccc3C(=O)Nc3ccc(Oc4ccccc4)cc3)o2)cc1. The van der Waals surface area contributed by atoms with Crippen molar-refractivity contribution in [1.82, 2.24) is 4.98 Å². The van der Waals surface area contributed by atoms with Gasteiger partial charge in [0, 0.05) is 16.8 Å². The smallest absolute Gasteiger partial charge is 0.256 e. The minimum absolute atomic E-state index is 0.262. The summed E-state index contributed by atoms with van der Waals surface area (Å²) in [6, 6.07) is 31.5. The Kier molecular flexibility index (Phi) is 6.26. The van der Waals surface area contributed by atoms with Crippen LogP contribution in [0.1, 0.15) is 10.4 Å². The van der Waals surface area contributed by atoms with Crippen LogP contribution in [-0.2, 0) is 0 Å². The third-order valence-corrected chi connectivity index (χ3v) is 5.37. The molecular weight excluding hydrogens is 440 g/mol. The minimum Gasteiger partial charge on any atom is -0.497 e. The molecule has 1 aromatic heterocycles. The van der Waals surface area contributed by atoms with Crippen LogP contribution < -0.4 is 14.8 Å². The zero-order chi connectivity index (χ0) is 24.0. The standard InChI is InChI=1S/C29H22N2O4/c1-33-22-15-11-20(12-16-22)27-19-30-29(35-27)26-10-6-5-9-25(26)28(32)31-21-13-17-24(18-14-21)34-23-7-3-2-4-8-23/h2-19H,1H3,(H,31,32). The zero-order valence-electron chi connectivity index (χ0n) is 19.0. The topological polar surface area (TPSA) is 73.6 Å². The summed E-state index contributed by atoms with van der Waals surface area (Å²) in [7, 11) is 1.62. The Morgan fingerprint density at radius 1 is 0.771 bits per heavy atom. The number of hydrogen-bond acceptors (Lipinski definition) is 5. The van der Waals surface area contributed by atoms with Gasteiger partial charge >= 0.3 is 0 Å². The monoisotopic (exact) mass is 462 g/mol. The van der Waals surface area contributed by atoms with Gasteiger partial charge in [0.05, 0.1) is 18.9 Å². The van der Waals surface area contributed by atoms with Gasteiger partial charge in [-0.05, 0) is 72.8 Å². The lowest BCUT2D eigenvalue weighted by molar-refractivity contribution is 0.102. The number of para-hydroxylation sites is 1. The molecule has 0 saturated heterocycles. The maximum absolute atomic E-state index is 13.1. The molecule has 4 aromatic carbocycles. The van der Waals surface area contributed by atoms with Gasteiger partial charge in [0.25, 0.3) is 5.91 Å². The lowest BCUT2D eigenvalue weighted by Crippen LogP contribution is -2.13. The minimum atomic E-state index is -0.262. The molecule has 0 aliphatic heterocycles. The van der Waals surface area contributed by atoms with Crippen molar-refractivity contribution in [3.63, 3.8) is 0 Å². The van der Waals surface area contributed by atoms with Gasteiger partial charge in [-0.2, -0.15) is 0 Å². The third kappa shape index (κ3) is 5.07. The van der Waals surface area contributed by atoms with Gasteiger partial charge in [-0.25, -0.2) is 4.98 Å². The Labute approximate surface area is 202 Å². The van der Waals surface area contributed by atoms with Crippen molar-refractivity contribution < 1.29 is 18.7 Å². The summed E-state index contributed by atoms with van der Waals surface area (Å²) >= 11 is 0. The number of aromatic nitrogens is 1. The number of nitrogens with zero attached hydrogens (tertiary/aromatic N) is 1. The number of nitrogens with one attached hydrogen (secondary N) is 1. The third-order valence-electron chi connectivity index (χ3n) is 5.37. The molecule has 0 unspecified atom stereocenters. The van der Waals surface area contributed by atoms with Gasteiger partial charge in [-0.15, -0.1) is 0 Å². The van der Waals surface area contributed by atoms with E-state index in [4.69, 9.17) is 13.9 Å². The molecule has 172 valence electrons. The summed E-state index contributed by atoms with van der Waals surface area (Å²) in [6.07, 6.45) is 1.65. The fourth-order valence-corrected chi connectivity index (χ4v) is 3.58. The van der Waals surface area contributed by atoms with Crippen molar-refractivity contribution >= 4 is 11.6 Å². The maximum Gasteiger partial charge on any atom is 0.256 e. The Balaban J connectivity index is 1.32. The van der Waals surface area contributed by atoms with Crippen LogP contribution in [0.3, 0.4) is 0 Å². The van der Waals surface area contributed by atoms with Crippen LogP contribution in [-0.4, -0.2) is 18.0 Å². The number of oxazole rings is 1. The van der Waals surface area contributed by atoms with Crippen LogP contribution in [0.4, 0.5) is 5.69 Å². The average Bonchev–Trinajstić information content (AvgIpc) is 3.41. The molecule has 0 aliphatic carbocycles. The van der Waals surface area contributed by atoms with Crippen molar-refractivity contribution in [2.24, 2.45) is 0 Å². The highest BCUT2D eigenvalue weighted by Gasteiger charge is 2.17. The fourth-order valence-electron chi connectivity index (χ4n) is 3.58. The van der Waals surface area contributed by atoms with E-state index >= 15 is 0 Å². The van der Waals surface area contributed by atoms with E-state index in [1.165, 1.54) is 0 Å². The molecule has 5 aromatic rings. The molecule has 0 aliphatic rings. The normalized spacial score (nSPS) is 10.5. The van der Waals surface area contributed by atoms with Crippen molar-refractivity contribution in [3.05, 3.63) is 115 Å². The number of ether oxygens (including phenoxy) is 2. The number of rotatable bonds is 7. The molecular formula is C29H22N2O4. The predicted octanol–water partition coefficient (Wildman–Crippen LogP) is 7.06. The first kappa shape index (κ1) is 22.0. The first-order chi connectivity index (χ1) is 17.2. The fraction of sp³-hybridized carbons (Fsp3) is 0.0345. The van der Waals surface area contributed by atoms with Gasteiger partial charge in [0.15, 0.2) is 5.76 Å². The van der Waals surface area contributed by atoms with E-state index in [2.05, 4.69) is 10.3 Å². The first-order valence-electron chi connectivity index (χ1n) is 11.0. The first-order valence-corrected chi connectivity index (χ1v) is 11.0. The number of methoxy groups -OCH3 is 1. The summed E-state index contributed by atoms with van der Waals surface area (Å²) in [4.78, 5) is 17.5.